The van der Waals surface area contributed by atoms with Crippen molar-refractivity contribution in [3.63, 3.8) is 0 Å². The standard InChI is InChI=1S/C32H39N3O3/c1-4-33-32(36)27-21-35-18-17-26(27)30(34-20-24-19-25(37-2)15-16-28(24)38-3)31(35)29(22-11-7-5-8-12-22)23-13-9-6-10-14-23/h5-16,19,26-27,29-31,34H,4,17-18,20-21H2,1-3H3,(H,33,36)/t26-,27-,30-,31-/m0/s1. The van der Waals surface area contributed by atoms with Crippen LogP contribution in [0.2, 0.25) is 0 Å². The third-order valence-electron chi connectivity index (χ3n) is 8.31. The maximum absolute atomic E-state index is 13.2. The molecule has 6 nitrogen and oxygen atoms in total. The molecule has 3 aliphatic rings. The summed E-state index contributed by atoms with van der Waals surface area (Å²) in [5, 5.41) is 7.04. The fraction of sp³-hybridized carbons (Fsp3) is 0.406. The smallest absolute Gasteiger partial charge is 0.224 e. The third kappa shape index (κ3) is 5.29. The number of hydrogen-bond acceptors (Lipinski definition) is 5. The van der Waals surface area contributed by atoms with Gasteiger partial charge in [-0.1, -0.05) is 60.7 Å². The van der Waals surface area contributed by atoms with Crippen LogP contribution >= 0.6 is 0 Å². The van der Waals surface area contributed by atoms with Crippen LogP contribution in [0.15, 0.2) is 78.9 Å². The van der Waals surface area contributed by atoms with Gasteiger partial charge in [0.15, 0.2) is 0 Å². The van der Waals surface area contributed by atoms with Crippen LogP contribution < -0.4 is 20.1 Å². The Hall–Kier alpha value is -3.35. The average Bonchev–Trinajstić information content (AvgIpc) is 2.98. The van der Waals surface area contributed by atoms with Crippen LogP contribution in [0.3, 0.4) is 0 Å². The highest BCUT2D eigenvalue weighted by Gasteiger charge is 2.52. The van der Waals surface area contributed by atoms with Crippen molar-refractivity contribution in [3.8, 4) is 11.5 Å². The van der Waals surface area contributed by atoms with E-state index in [9.17, 15) is 4.79 Å². The van der Waals surface area contributed by atoms with Gasteiger partial charge in [-0.3, -0.25) is 9.69 Å². The molecule has 0 aromatic heterocycles. The molecule has 1 unspecified atom stereocenters. The summed E-state index contributed by atoms with van der Waals surface area (Å²) < 4.78 is 11.2. The summed E-state index contributed by atoms with van der Waals surface area (Å²) in [6.07, 6.45) is 1.00. The maximum Gasteiger partial charge on any atom is 0.224 e. The Morgan fingerprint density at radius 2 is 1.66 bits per heavy atom. The minimum atomic E-state index is -0.0307. The lowest BCUT2D eigenvalue weighted by molar-refractivity contribution is -0.135. The average molecular weight is 514 g/mol. The van der Waals surface area contributed by atoms with Gasteiger partial charge in [0.2, 0.25) is 5.91 Å². The molecule has 3 aromatic carbocycles. The van der Waals surface area contributed by atoms with Crippen LogP contribution in [-0.2, 0) is 11.3 Å². The Labute approximate surface area is 226 Å². The zero-order chi connectivity index (χ0) is 26.5. The largest absolute Gasteiger partial charge is 0.497 e. The molecule has 200 valence electrons. The van der Waals surface area contributed by atoms with E-state index in [2.05, 4.69) is 76.2 Å². The molecule has 0 aliphatic carbocycles. The Kier molecular flexibility index (Phi) is 8.30. The highest BCUT2D eigenvalue weighted by atomic mass is 16.5. The number of benzene rings is 3. The summed E-state index contributed by atoms with van der Waals surface area (Å²) in [5.41, 5.74) is 3.65. The number of fused-ring (bicyclic) bond motifs is 3. The zero-order valence-corrected chi connectivity index (χ0v) is 22.6. The number of nitrogens with one attached hydrogen (secondary N) is 2. The predicted molar refractivity (Wildman–Crippen MR) is 151 cm³/mol. The number of carbonyl (C=O) groups excluding carboxylic acids is 1. The van der Waals surface area contributed by atoms with Crippen molar-refractivity contribution < 1.29 is 14.3 Å². The number of carbonyl (C=O) groups is 1. The number of nitrogens with zero attached hydrogens (tertiary/aromatic N) is 1. The van der Waals surface area contributed by atoms with Crippen molar-refractivity contribution in [3.05, 3.63) is 95.6 Å². The number of hydrogen-bond donors (Lipinski definition) is 2. The molecule has 3 fully saturated rings. The summed E-state index contributed by atoms with van der Waals surface area (Å²) in [4.78, 5) is 15.8. The van der Waals surface area contributed by atoms with Crippen molar-refractivity contribution in [1.29, 1.82) is 0 Å². The molecule has 3 heterocycles. The first-order valence-corrected chi connectivity index (χ1v) is 13.7. The van der Waals surface area contributed by atoms with Gasteiger partial charge in [0.05, 0.1) is 20.1 Å². The Morgan fingerprint density at radius 3 is 2.26 bits per heavy atom. The topological polar surface area (TPSA) is 62.8 Å². The normalized spacial score (nSPS) is 24.3. The van der Waals surface area contributed by atoms with Gasteiger partial charge in [0, 0.05) is 43.2 Å². The number of amides is 1. The van der Waals surface area contributed by atoms with Crippen molar-refractivity contribution in [2.75, 3.05) is 33.9 Å². The Balaban J connectivity index is 1.54. The first-order chi connectivity index (χ1) is 18.6. The van der Waals surface area contributed by atoms with Gasteiger partial charge in [0.25, 0.3) is 0 Å². The number of methoxy groups -OCH3 is 2. The van der Waals surface area contributed by atoms with E-state index in [1.807, 2.05) is 25.1 Å². The predicted octanol–water partition coefficient (Wildman–Crippen LogP) is 4.45. The molecule has 3 aromatic rings. The van der Waals surface area contributed by atoms with Crippen molar-refractivity contribution in [2.24, 2.45) is 11.8 Å². The molecule has 5 atom stereocenters. The molecule has 2 bridgehead atoms. The van der Waals surface area contributed by atoms with E-state index < -0.39 is 0 Å². The van der Waals surface area contributed by atoms with Gasteiger partial charge in [-0.15, -0.1) is 0 Å². The lowest BCUT2D eigenvalue weighted by Gasteiger charge is -2.56. The molecule has 6 heteroatoms. The van der Waals surface area contributed by atoms with Crippen LogP contribution in [0, 0.1) is 11.8 Å². The first-order valence-electron chi connectivity index (χ1n) is 13.7. The minimum Gasteiger partial charge on any atom is -0.497 e. The number of rotatable bonds is 10. The van der Waals surface area contributed by atoms with Crippen LogP contribution in [0.25, 0.3) is 0 Å². The molecule has 3 aliphatic heterocycles. The summed E-state index contributed by atoms with van der Waals surface area (Å²) in [6, 6.07) is 27.9. The van der Waals surface area contributed by atoms with E-state index in [0.717, 1.165) is 36.6 Å². The molecule has 6 rings (SSSR count). The molecule has 2 N–H and O–H groups in total. The second kappa shape index (κ2) is 12.0. The maximum atomic E-state index is 13.2. The first kappa shape index (κ1) is 26.3. The van der Waals surface area contributed by atoms with E-state index in [4.69, 9.17) is 9.47 Å². The molecule has 0 radical (unpaired) electrons. The second-order valence-corrected chi connectivity index (χ2v) is 10.3. The second-order valence-electron chi connectivity index (χ2n) is 10.3. The monoisotopic (exact) mass is 513 g/mol. The summed E-state index contributed by atoms with van der Waals surface area (Å²) in [7, 11) is 3.39. The SMILES string of the molecule is CCNC(=O)[C@H]1CN2CC[C@@H]1[C@H](NCc1cc(OC)ccc1OC)[C@@H]2C(c1ccccc1)c1ccccc1. The van der Waals surface area contributed by atoms with Crippen molar-refractivity contribution in [2.45, 2.75) is 37.9 Å². The highest BCUT2D eigenvalue weighted by molar-refractivity contribution is 5.79. The molecular formula is C32H39N3O3. The van der Waals surface area contributed by atoms with Gasteiger partial charge in [-0.25, -0.2) is 0 Å². The number of piperidine rings is 3. The van der Waals surface area contributed by atoms with Crippen LogP contribution in [-0.4, -0.2) is 56.7 Å². The van der Waals surface area contributed by atoms with Gasteiger partial charge in [-0.2, -0.15) is 0 Å². The van der Waals surface area contributed by atoms with Gasteiger partial charge in [0.1, 0.15) is 11.5 Å². The molecule has 3 saturated heterocycles. The lowest BCUT2D eigenvalue weighted by atomic mass is 9.66. The van der Waals surface area contributed by atoms with E-state index >= 15 is 0 Å². The van der Waals surface area contributed by atoms with Crippen LogP contribution in [0.1, 0.15) is 36.0 Å². The number of ether oxygens (including phenoxy) is 2. The molecule has 0 spiro atoms. The summed E-state index contributed by atoms with van der Waals surface area (Å²) in [6.45, 7) is 5.07. The Morgan fingerprint density at radius 1 is 0.974 bits per heavy atom. The molecular weight excluding hydrogens is 474 g/mol. The van der Waals surface area contributed by atoms with E-state index in [1.54, 1.807) is 14.2 Å². The minimum absolute atomic E-state index is 0.0307. The van der Waals surface area contributed by atoms with Gasteiger partial charge in [-0.05, 0) is 55.1 Å². The zero-order valence-electron chi connectivity index (χ0n) is 22.6. The van der Waals surface area contributed by atoms with Gasteiger partial charge >= 0.3 is 0 Å². The third-order valence-corrected chi connectivity index (χ3v) is 8.31. The molecule has 1 amide bonds. The Bertz CT molecular complexity index is 1160. The molecule has 38 heavy (non-hydrogen) atoms. The van der Waals surface area contributed by atoms with Crippen LogP contribution in [0.5, 0.6) is 11.5 Å². The van der Waals surface area contributed by atoms with Gasteiger partial charge < -0.3 is 20.1 Å². The van der Waals surface area contributed by atoms with Crippen molar-refractivity contribution in [1.82, 2.24) is 15.5 Å². The van der Waals surface area contributed by atoms with E-state index in [-0.39, 0.29) is 35.7 Å². The van der Waals surface area contributed by atoms with E-state index in [0.29, 0.717) is 13.1 Å². The summed E-state index contributed by atoms with van der Waals surface area (Å²) in [5.74, 6) is 2.20. The van der Waals surface area contributed by atoms with Crippen LogP contribution in [0.4, 0.5) is 0 Å². The molecule has 0 saturated carbocycles. The van der Waals surface area contributed by atoms with E-state index in [1.165, 1.54) is 11.1 Å². The fourth-order valence-corrected chi connectivity index (χ4v) is 6.60. The fourth-order valence-electron chi connectivity index (χ4n) is 6.60. The highest BCUT2D eigenvalue weighted by Crippen LogP contribution is 2.44. The van der Waals surface area contributed by atoms with Crippen molar-refractivity contribution >= 4 is 5.91 Å². The lowest BCUT2D eigenvalue weighted by Crippen LogP contribution is -2.69. The quantitative estimate of drug-likeness (QED) is 0.420. The summed E-state index contributed by atoms with van der Waals surface area (Å²) >= 11 is 0.